The van der Waals surface area contributed by atoms with Crippen molar-refractivity contribution in [2.75, 3.05) is 6.61 Å². The van der Waals surface area contributed by atoms with Gasteiger partial charge >= 0.3 is 5.97 Å². The molecule has 4 nitrogen and oxygen atoms in total. The Morgan fingerprint density at radius 1 is 1.47 bits per heavy atom. The molecule has 4 heteroatoms. The second-order valence-corrected chi connectivity index (χ2v) is 2.74. The second kappa shape index (κ2) is 5.70. The van der Waals surface area contributed by atoms with Crippen LogP contribution in [0.2, 0.25) is 0 Å². The van der Waals surface area contributed by atoms with Crippen LogP contribution in [0.25, 0.3) is 6.08 Å². The Balaban J connectivity index is 2.79. The van der Waals surface area contributed by atoms with Crippen LogP contribution in [-0.2, 0) is 9.53 Å². The van der Waals surface area contributed by atoms with Crippen molar-refractivity contribution in [1.82, 2.24) is 0 Å². The highest BCUT2D eigenvalue weighted by Gasteiger charge is 1.99. The summed E-state index contributed by atoms with van der Waals surface area (Å²) in [5, 5.41) is 2.84. The Morgan fingerprint density at radius 2 is 2.20 bits per heavy atom. The lowest BCUT2D eigenvalue weighted by atomic mass is 10.2. The minimum absolute atomic E-state index is 0.304. The Labute approximate surface area is 87.5 Å². The molecule has 15 heavy (non-hydrogen) atoms. The molecule has 1 aromatic rings. The van der Waals surface area contributed by atoms with Crippen molar-refractivity contribution in [3.63, 3.8) is 0 Å². The van der Waals surface area contributed by atoms with Crippen LogP contribution in [0, 0.1) is 4.91 Å². The van der Waals surface area contributed by atoms with E-state index < -0.39 is 5.97 Å². The minimum atomic E-state index is -0.432. The molecule has 1 aromatic carbocycles. The molecule has 0 aliphatic carbocycles. The van der Waals surface area contributed by atoms with E-state index in [0.29, 0.717) is 17.9 Å². The quantitative estimate of drug-likeness (QED) is 0.431. The van der Waals surface area contributed by atoms with E-state index in [1.54, 1.807) is 31.2 Å². The molecular weight excluding hydrogens is 194 g/mol. The number of nitrogens with zero attached hydrogens (tertiary/aromatic N) is 1. The number of esters is 1. The van der Waals surface area contributed by atoms with Gasteiger partial charge in [-0.25, -0.2) is 4.79 Å². The van der Waals surface area contributed by atoms with Gasteiger partial charge in [0.15, 0.2) is 0 Å². The predicted octanol–water partition coefficient (Wildman–Crippen LogP) is 2.66. The Kier molecular flexibility index (Phi) is 4.22. The lowest BCUT2D eigenvalue weighted by Gasteiger charge is -1.97. The minimum Gasteiger partial charge on any atom is -0.463 e. The molecule has 0 aliphatic rings. The average Bonchev–Trinajstić information content (AvgIpc) is 2.27. The summed E-state index contributed by atoms with van der Waals surface area (Å²) in [6.07, 6.45) is 2.78. The summed E-state index contributed by atoms with van der Waals surface area (Å²) in [6, 6.07) is 6.75. The zero-order valence-electron chi connectivity index (χ0n) is 8.34. The third-order valence-corrected chi connectivity index (χ3v) is 1.72. The van der Waals surface area contributed by atoms with E-state index >= 15 is 0 Å². The molecule has 0 spiro atoms. The lowest BCUT2D eigenvalue weighted by Crippen LogP contribution is -1.98. The first-order valence-electron chi connectivity index (χ1n) is 4.55. The van der Waals surface area contributed by atoms with E-state index in [2.05, 4.69) is 5.18 Å². The van der Waals surface area contributed by atoms with Gasteiger partial charge in [-0.3, -0.25) is 0 Å². The van der Waals surface area contributed by atoms with Gasteiger partial charge in [0.1, 0.15) is 5.69 Å². The van der Waals surface area contributed by atoms with Crippen LogP contribution in [0.5, 0.6) is 0 Å². The van der Waals surface area contributed by atoms with Crippen LogP contribution in [0.3, 0.4) is 0 Å². The molecule has 0 aliphatic heterocycles. The first-order chi connectivity index (χ1) is 7.27. The molecule has 0 aromatic heterocycles. The first-order valence-corrected chi connectivity index (χ1v) is 4.55. The summed E-state index contributed by atoms with van der Waals surface area (Å²) in [5.74, 6) is -0.432. The second-order valence-electron chi connectivity index (χ2n) is 2.74. The zero-order chi connectivity index (χ0) is 11.1. The molecule has 0 saturated heterocycles. The predicted molar refractivity (Wildman–Crippen MR) is 57.6 cm³/mol. The number of carbonyl (C=O) groups is 1. The van der Waals surface area contributed by atoms with Crippen LogP contribution in [0.4, 0.5) is 5.69 Å². The summed E-state index contributed by atoms with van der Waals surface area (Å²) in [5.41, 5.74) is 0.901. The fraction of sp³-hybridized carbons (Fsp3) is 0.182. The zero-order valence-corrected chi connectivity index (χ0v) is 8.34. The van der Waals surface area contributed by atoms with Gasteiger partial charge < -0.3 is 4.74 Å². The number of hydrogen-bond donors (Lipinski definition) is 0. The molecule has 78 valence electrons. The molecule has 0 atom stereocenters. The molecule has 1 rings (SSSR count). The number of benzene rings is 1. The maximum Gasteiger partial charge on any atom is 0.330 e. The van der Waals surface area contributed by atoms with Crippen molar-refractivity contribution >= 4 is 17.7 Å². The number of rotatable bonds is 4. The monoisotopic (exact) mass is 205 g/mol. The fourth-order valence-corrected chi connectivity index (χ4v) is 1.06. The third kappa shape index (κ3) is 3.34. The van der Waals surface area contributed by atoms with Crippen molar-refractivity contribution in [2.45, 2.75) is 6.92 Å². The SMILES string of the molecule is CCOC(=O)/C=C/c1ccccc1N=O. The molecule has 0 unspecified atom stereocenters. The fourth-order valence-electron chi connectivity index (χ4n) is 1.06. The number of hydrogen-bond acceptors (Lipinski definition) is 4. The molecule has 0 saturated carbocycles. The summed E-state index contributed by atoms with van der Waals surface area (Å²) in [4.78, 5) is 21.4. The Morgan fingerprint density at radius 3 is 2.87 bits per heavy atom. The van der Waals surface area contributed by atoms with Crippen LogP contribution < -0.4 is 0 Å². The van der Waals surface area contributed by atoms with Crippen LogP contribution in [0.15, 0.2) is 35.5 Å². The highest BCUT2D eigenvalue weighted by Crippen LogP contribution is 2.19. The molecule has 0 radical (unpaired) electrons. The Bertz CT molecular complexity index is 385. The van der Waals surface area contributed by atoms with E-state index in [9.17, 15) is 9.70 Å². The standard InChI is InChI=1S/C11H11NO3/c1-2-15-11(13)8-7-9-5-3-4-6-10(9)12-14/h3-8H,2H2,1H3/b8-7+. The highest BCUT2D eigenvalue weighted by molar-refractivity contribution is 5.88. The maximum atomic E-state index is 11.0. The highest BCUT2D eigenvalue weighted by atomic mass is 16.5. The molecule has 0 N–H and O–H groups in total. The van der Waals surface area contributed by atoms with E-state index in [-0.39, 0.29) is 0 Å². The Hall–Kier alpha value is -1.97. The third-order valence-electron chi connectivity index (χ3n) is 1.72. The first kappa shape index (κ1) is 11.1. The number of nitroso groups, excluding NO2 is 1. The van der Waals surface area contributed by atoms with Crippen LogP contribution in [-0.4, -0.2) is 12.6 Å². The summed E-state index contributed by atoms with van der Waals surface area (Å²) >= 11 is 0. The van der Waals surface area contributed by atoms with Gasteiger partial charge in [-0.15, -0.1) is 4.91 Å². The number of ether oxygens (including phenoxy) is 1. The van der Waals surface area contributed by atoms with Crippen molar-refractivity contribution in [3.05, 3.63) is 40.8 Å². The molecule has 0 heterocycles. The van der Waals surface area contributed by atoms with Crippen molar-refractivity contribution in [1.29, 1.82) is 0 Å². The largest absolute Gasteiger partial charge is 0.463 e. The van der Waals surface area contributed by atoms with Crippen molar-refractivity contribution < 1.29 is 9.53 Å². The van der Waals surface area contributed by atoms with Gasteiger partial charge in [0.25, 0.3) is 0 Å². The summed E-state index contributed by atoms with van der Waals surface area (Å²) in [6.45, 7) is 2.06. The van der Waals surface area contributed by atoms with Gasteiger partial charge in [-0.2, -0.15) is 0 Å². The molecule has 0 fully saturated rings. The smallest absolute Gasteiger partial charge is 0.330 e. The number of carbonyl (C=O) groups excluding carboxylic acids is 1. The molecular formula is C11H11NO3. The van der Waals surface area contributed by atoms with Crippen molar-refractivity contribution in [3.8, 4) is 0 Å². The average molecular weight is 205 g/mol. The van der Waals surface area contributed by atoms with Crippen LogP contribution in [0.1, 0.15) is 12.5 Å². The normalized spacial score (nSPS) is 10.2. The topological polar surface area (TPSA) is 55.7 Å². The van der Waals surface area contributed by atoms with Gasteiger partial charge in [0.05, 0.1) is 6.61 Å². The van der Waals surface area contributed by atoms with Crippen LogP contribution >= 0.6 is 0 Å². The summed E-state index contributed by atoms with van der Waals surface area (Å²) < 4.78 is 4.70. The van der Waals surface area contributed by atoms with E-state index in [0.717, 1.165) is 0 Å². The van der Waals surface area contributed by atoms with Gasteiger partial charge in [0, 0.05) is 11.6 Å². The molecule has 0 bridgehead atoms. The van der Waals surface area contributed by atoms with Gasteiger partial charge in [0.2, 0.25) is 0 Å². The van der Waals surface area contributed by atoms with Gasteiger partial charge in [-0.1, -0.05) is 18.2 Å². The lowest BCUT2D eigenvalue weighted by molar-refractivity contribution is -0.137. The van der Waals surface area contributed by atoms with E-state index in [4.69, 9.17) is 4.74 Å². The van der Waals surface area contributed by atoms with Crippen molar-refractivity contribution in [2.24, 2.45) is 5.18 Å². The summed E-state index contributed by atoms with van der Waals surface area (Å²) in [7, 11) is 0. The molecule has 0 amide bonds. The maximum absolute atomic E-state index is 11.0. The van der Waals surface area contributed by atoms with E-state index in [1.165, 1.54) is 12.2 Å². The van der Waals surface area contributed by atoms with Gasteiger partial charge in [-0.05, 0) is 24.2 Å². The van der Waals surface area contributed by atoms with E-state index in [1.807, 2.05) is 0 Å².